The maximum absolute atomic E-state index is 12.2. The minimum Gasteiger partial charge on any atom is -0.393 e. The summed E-state index contributed by atoms with van der Waals surface area (Å²) in [6.07, 6.45) is 14.8. The van der Waals surface area contributed by atoms with Crippen molar-refractivity contribution in [1.82, 2.24) is 10.3 Å². The number of aliphatic hydroxyl groups excluding tert-OH is 1. The molecule has 5 nitrogen and oxygen atoms in total. The van der Waals surface area contributed by atoms with Gasteiger partial charge in [-0.15, -0.1) is 0 Å². The number of fused-ring (bicyclic) bond motifs is 5. The van der Waals surface area contributed by atoms with Crippen molar-refractivity contribution in [3.8, 4) is 0 Å². The van der Waals surface area contributed by atoms with E-state index in [0.29, 0.717) is 11.7 Å². The largest absolute Gasteiger partial charge is 0.393 e. The van der Waals surface area contributed by atoms with Gasteiger partial charge in [0.25, 0.3) is 0 Å². The fraction of sp³-hybridized carbons (Fsp3) is 0.500. The third-order valence-electron chi connectivity index (χ3n) is 8.93. The molecule has 1 saturated carbocycles. The first-order valence-electron chi connectivity index (χ1n) is 13.1. The smallest absolute Gasteiger partial charge is 0.131 e. The number of aliphatic hydroxyl groups is 2. The van der Waals surface area contributed by atoms with Crippen LogP contribution in [0.4, 0.5) is 5.82 Å². The SMILES string of the molecule is CC12CC=C3C=C4CC(O)CCC4CC[C@]3(O)C1CC=C2c1ccc2c(N)nccc2c1.CNC. The molecular formula is C30H39N3O2. The van der Waals surface area contributed by atoms with Crippen LogP contribution in [-0.4, -0.2) is 41.0 Å². The quantitative estimate of drug-likeness (QED) is 0.468. The van der Waals surface area contributed by atoms with Gasteiger partial charge in [0.2, 0.25) is 0 Å². The lowest BCUT2D eigenvalue weighted by atomic mass is 9.58. The molecule has 0 spiro atoms. The number of pyridine rings is 1. The third kappa shape index (κ3) is 4.04. The Morgan fingerprint density at radius 2 is 1.91 bits per heavy atom. The van der Waals surface area contributed by atoms with E-state index in [2.05, 4.69) is 53.7 Å². The van der Waals surface area contributed by atoms with Gasteiger partial charge in [0.15, 0.2) is 0 Å². The molecule has 0 aliphatic heterocycles. The van der Waals surface area contributed by atoms with E-state index in [-0.39, 0.29) is 17.4 Å². The average molecular weight is 474 g/mol. The number of nitrogens with two attached hydrogens (primary N) is 1. The standard InChI is InChI=1S/C28H32N2O2.C2H7N/c1-27-11-9-21-15-20-16-22(31)4-2-17(20)8-12-28(21,32)25(27)7-6-24(27)19-3-5-23-18(14-19)10-13-30-26(23)29;1-3-2/h3,5-6,9-10,13-15,17,22,25,31-32H,2,4,7-8,11-12,16H2,1H3,(H2,29,30);3H,1-2H3/t17?,22?,25?,27?,28-;/m1./s1. The number of nitrogen functional groups attached to an aromatic ring is 1. The molecule has 1 heterocycles. The molecule has 0 amide bonds. The molecule has 35 heavy (non-hydrogen) atoms. The molecule has 5 atom stereocenters. The molecule has 0 bridgehead atoms. The second kappa shape index (κ2) is 9.20. The van der Waals surface area contributed by atoms with Crippen LogP contribution in [0.2, 0.25) is 0 Å². The third-order valence-corrected chi connectivity index (χ3v) is 8.93. The van der Waals surface area contributed by atoms with Gasteiger partial charge in [0.1, 0.15) is 5.82 Å². The van der Waals surface area contributed by atoms with Gasteiger partial charge < -0.3 is 21.3 Å². The van der Waals surface area contributed by atoms with Crippen LogP contribution in [0.5, 0.6) is 0 Å². The van der Waals surface area contributed by atoms with Gasteiger partial charge in [0, 0.05) is 22.9 Å². The molecule has 4 aliphatic carbocycles. The molecule has 2 aromatic rings. The predicted octanol–water partition coefficient (Wildman–Crippen LogP) is 5.00. The first kappa shape index (κ1) is 24.2. The molecule has 5 N–H and O–H groups in total. The van der Waals surface area contributed by atoms with E-state index in [0.717, 1.165) is 61.3 Å². The van der Waals surface area contributed by atoms with Crippen LogP contribution in [0, 0.1) is 17.3 Å². The van der Waals surface area contributed by atoms with E-state index in [1.54, 1.807) is 6.20 Å². The van der Waals surface area contributed by atoms with Crippen molar-refractivity contribution < 1.29 is 10.2 Å². The first-order valence-corrected chi connectivity index (χ1v) is 13.1. The topological polar surface area (TPSA) is 91.4 Å². The Labute approximate surface area is 208 Å². The van der Waals surface area contributed by atoms with Gasteiger partial charge in [-0.05, 0) is 99.2 Å². The van der Waals surface area contributed by atoms with Crippen molar-refractivity contribution in [3.63, 3.8) is 0 Å². The fourth-order valence-electron chi connectivity index (χ4n) is 7.13. The van der Waals surface area contributed by atoms with E-state index in [4.69, 9.17) is 5.73 Å². The fourth-order valence-corrected chi connectivity index (χ4v) is 7.13. The van der Waals surface area contributed by atoms with E-state index in [1.807, 2.05) is 20.2 Å². The number of nitrogens with one attached hydrogen (secondary N) is 1. The summed E-state index contributed by atoms with van der Waals surface area (Å²) in [7, 11) is 3.75. The Kier molecular flexibility index (Phi) is 6.37. The van der Waals surface area contributed by atoms with Crippen LogP contribution in [0.25, 0.3) is 16.3 Å². The first-order chi connectivity index (χ1) is 16.8. The number of nitrogens with zero attached hydrogens (tertiary/aromatic N) is 1. The highest BCUT2D eigenvalue weighted by Crippen LogP contribution is 2.61. The molecule has 4 unspecified atom stereocenters. The number of allylic oxidation sites excluding steroid dienone is 3. The van der Waals surface area contributed by atoms with Gasteiger partial charge in [-0.25, -0.2) is 4.98 Å². The van der Waals surface area contributed by atoms with Crippen molar-refractivity contribution in [2.24, 2.45) is 17.3 Å². The summed E-state index contributed by atoms with van der Waals surface area (Å²) in [4.78, 5) is 4.21. The van der Waals surface area contributed by atoms with Crippen molar-refractivity contribution in [2.75, 3.05) is 19.8 Å². The van der Waals surface area contributed by atoms with Crippen LogP contribution in [-0.2, 0) is 0 Å². The predicted molar refractivity (Wildman–Crippen MR) is 144 cm³/mol. The molecule has 5 heteroatoms. The number of anilines is 1. The zero-order valence-corrected chi connectivity index (χ0v) is 21.2. The Morgan fingerprint density at radius 3 is 2.71 bits per heavy atom. The van der Waals surface area contributed by atoms with Crippen molar-refractivity contribution in [2.45, 2.75) is 63.6 Å². The molecule has 6 rings (SSSR count). The average Bonchev–Trinajstić information content (AvgIpc) is 3.12. The molecular weight excluding hydrogens is 434 g/mol. The molecule has 1 aromatic heterocycles. The number of benzene rings is 1. The zero-order valence-electron chi connectivity index (χ0n) is 21.2. The van der Waals surface area contributed by atoms with E-state index >= 15 is 0 Å². The second-order valence-electron chi connectivity index (χ2n) is 11.1. The van der Waals surface area contributed by atoms with Gasteiger partial charge >= 0.3 is 0 Å². The lowest BCUT2D eigenvalue weighted by Gasteiger charge is -2.48. The van der Waals surface area contributed by atoms with Crippen LogP contribution in [0.1, 0.15) is 57.4 Å². The Morgan fingerprint density at radius 1 is 1.11 bits per heavy atom. The Bertz CT molecular complexity index is 1220. The monoisotopic (exact) mass is 473 g/mol. The highest BCUT2D eigenvalue weighted by Gasteiger charge is 2.55. The van der Waals surface area contributed by atoms with Crippen LogP contribution < -0.4 is 11.1 Å². The summed E-state index contributed by atoms with van der Waals surface area (Å²) in [5, 5.41) is 27.2. The molecule has 0 radical (unpaired) electrons. The number of hydrogen-bond acceptors (Lipinski definition) is 5. The number of rotatable bonds is 1. The highest BCUT2D eigenvalue weighted by molar-refractivity contribution is 5.93. The lowest BCUT2D eigenvalue weighted by Crippen LogP contribution is -2.48. The van der Waals surface area contributed by atoms with E-state index < -0.39 is 5.60 Å². The minimum atomic E-state index is -0.800. The maximum atomic E-state index is 12.2. The summed E-state index contributed by atoms with van der Waals surface area (Å²) in [6.45, 7) is 2.34. The maximum Gasteiger partial charge on any atom is 0.131 e. The summed E-state index contributed by atoms with van der Waals surface area (Å²) < 4.78 is 0. The highest BCUT2D eigenvalue weighted by atomic mass is 16.3. The molecule has 0 saturated heterocycles. The van der Waals surface area contributed by atoms with E-state index in [1.165, 1.54) is 16.7 Å². The van der Waals surface area contributed by atoms with Crippen molar-refractivity contribution in [3.05, 3.63) is 65.4 Å². The van der Waals surface area contributed by atoms with Gasteiger partial charge in [-0.1, -0.05) is 42.9 Å². The summed E-state index contributed by atoms with van der Waals surface area (Å²) >= 11 is 0. The molecule has 186 valence electrons. The second-order valence-corrected chi connectivity index (χ2v) is 11.1. The normalized spacial score (nSPS) is 33.7. The van der Waals surface area contributed by atoms with E-state index in [9.17, 15) is 10.2 Å². The summed E-state index contributed by atoms with van der Waals surface area (Å²) in [6, 6.07) is 8.48. The minimum absolute atomic E-state index is 0.0992. The number of hydrogen-bond donors (Lipinski definition) is 4. The Balaban J connectivity index is 0.000000806. The molecule has 1 aromatic carbocycles. The summed E-state index contributed by atoms with van der Waals surface area (Å²) in [5.74, 6) is 1.25. The van der Waals surface area contributed by atoms with Crippen LogP contribution in [0.15, 0.2) is 59.8 Å². The molecule has 1 fully saturated rings. The van der Waals surface area contributed by atoms with Crippen LogP contribution in [0.3, 0.4) is 0 Å². The number of aromatic nitrogens is 1. The zero-order chi connectivity index (χ0) is 24.8. The van der Waals surface area contributed by atoms with Crippen molar-refractivity contribution in [1.29, 1.82) is 0 Å². The lowest BCUT2D eigenvalue weighted by molar-refractivity contribution is -0.0330. The van der Waals surface area contributed by atoms with Crippen molar-refractivity contribution >= 4 is 22.2 Å². The summed E-state index contributed by atoms with van der Waals surface area (Å²) in [5.41, 5.74) is 10.2. The van der Waals surface area contributed by atoms with Gasteiger partial charge in [0.05, 0.1) is 11.7 Å². The Hall–Kier alpha value is -2.47. The molecule has 4 aliphatic rings. The van der Waals surface area contributed by atoms with Crippen LogP contribution >= 0.6 is 0 Å². The van der Waals surface area contributed by atoms with Gasteiger partial charge in [-0.2, -0.15) is 0 Å². The van der Waals surface area contributed by atoms with Gasteiger partial charge in [-0.3, -0.25) is 0 Å².